The van der Waals surface area contributed by atoms with E-state index in [2.05, 4.69) is 20.9 Å². The van der Waals surface area contributed by atoms with Crippen LogP contribution in [0.15, 0.2) is 92.3 Å². The van der Waals surface area contributed by atoms with Gasteiger partial charge in [-0.25, -0.2) is 14.6 Å². The summed E-state index contributed by atoms with van der Waals surface area (Å²) < 4.78 is 60.6. The molecule has 1 atom stereocenters. The van der Waals surface area contributed by atoms with E-state index in [0.717, 1.165) is 21.5 Å². The number of carbonyl (C=O) groups excluding carboxylic acids is 2. The van der Waals surface area contributed by atoms with Crippen molar-refractivity contribution in [1.82, 2.24) is 4.57 Å². The lowest BCUT2D eigenvalue weighted by Gasteiger charge is -2.26. The molecular formula is C33H25BrClF3N2O6S. The second-order valence-electron chi connectivity index (χ2n) is 10.0. The van der Waals surface area contributed by atoms with Crippen molar-refractivity contribution in [3.05, 3.63) is 129 Å². The minimum absolute atomic E-state index is 0.0941. The monoisotopic (exact) mass is 748 g/mol. The number of nitrogens with zero attached hydrogens (tertiary/aromatic N) is 2. The summed E-state index contributed by atoms with van der Waals surface area (Å²) in [7, 11) is 0. The number of benzene rings is 3. The zero-order chi connectivity index (χ0) is 33.9. The molecular weight excluding hydrogens is 725 g/mol. The van der Waals surface area contributed by atoms with Crippen LogP contribution >= 0.6 is 38.9 Å². The van der Waals surface area contributed by atoms with Gasteiger partial charge in [-0.1, -0.05) is 53.3 Å². The molecule has 0 fully saturated rings. The molecule has 1 aromatic heterocycles. The van der Waals surface area contributed by atoms with Crippen molar-refractivity contribution in [2.75, 3.05) is 13.2 Å². The molecule has 8 nitrogen and oxygen atoms in total. The number of rotatable bonds is 9. The molecule has 0 N–H and O–H groups in total. The summed E-state index contributed by atoms with van der Waals surface area (Å²) in [6.07, 6.45) is -3.49. The lowest BCUT2D eigenvalue weighted by molar-refractivity contribution is -0.140. The molecule has 4 aromatic rings. The van der Waals surface area contributed by atoms with Crippen molar-refractivity contribution in [2.24, 2.45) is 4.99 Å². The predicted octanol–water partition coefficient (Wildman–Crippen LogP) is 6.51. The van der Waals surface area contributed by atoms with Gasteiger partial charge in [-0.05, 0) is 88.9 Å². The van der Waals surface area contributed by atoms with Gasteiger partial charge in [0.2, 0.25) is 0 Å². The van der Waals surface area contributed by atoms with Gasteiger partial charge in [-0.2, -0.15) is 13.2 Å². The van der Waals surface area contributed by atoms with Crippen LogP contribution in [0.4, 0.5) is 13.2 Å². The molecule has 0 aliphatic carbocycles. The molecule has 0 radical (unpaired) electrons. The van der Waals surface area contributed by atoms with Gasteiger partial charge >= 0.3 is 18.1 Å². The second-order valence-corrected chi connectivity index (χ2v) is 12.3. The standard InChI is InChI=1S/C33H25BrClF3N2O6S/c1-3-44-30(42)21-8-5-18(6-9-21)17-46-24-14-7-19(15-23(24)34)16-25-29(41)40-27(20-10-12-22(35)13-11-20)26(31(43)45-4-2)28(33(36,37)38)39-32(40)47-25/h5-16,27H,3-4,17H2,1-2H3/b25-16-/t27-/m0/s1. The number of esters is 2. The number of aromatic nitrogens is 1. The second kappa shape index (κ2) is 14.3. The number of carbonyl (C=O) groups is 2. The van der Waals surface area contributed by atoms with Gasteiger partial charge < -0.3 is 14.2 Å². The summed E-state index contributed by atoms with van der Waals surface area (Å²) in [4.78, 5) is 42.2. The van der Waals surface area contributed by atoms with Crippen LogP contribution in [0.1, 0.15) is 46.9 Å². The Labute approximate surface area is 283 Å². The minimum Gasteiger partial charge on any atom is -0.488 e. The highest BCUT2D eigenvalue weighted by Crippen LogP contribution is 2.38. The van der Waals surface area contributed by atoms with Crippen molar-refractivity contribution in [2.45, 2.75) is 32.7 Å². The number of fused-ring (bicyclic) bond motifs is 1. The van der Waals surface area contributed by atoms with Crippen LogP contribution in [0.3, 0.4) is 0 Å². The molecule has 0 bridgehead atoms. The summed E-state index contributed by atoms with van der Waals surface area (Å²) in [6.45, 7) is 3.50. The van der Waals surface area contributed by atoms with Crippen LogP contribution < -0.4 is 19.6 Å². The van der Waals surface area contributed by atoms with Crippen LogP contribution in [0.25, 0.3) is 6.08 Å². The highest BCUT2D eigenvalue weighted by molar-refractivity contribution is 9.10. The lowest BCUT2D eigenvalue weighted by atomic mass is 9.95. The van der Waals surface area contributed by atoms with E-state index in [1.165, 1.54) is 37.3 Å². The number of hydrogen-bond donors (Lipinski definition) is 0. The zero-order valence-corrected chi connectivity index (χ0v) is 27.9. The van der Waals surface area contributed by atoms with Crippen LogP contribution in [0.2, 0.25) is 5.02 Å². The molecule has 0 saturated heterocycles. The maximum atomic E-state index is 14.3. The van der Waals surface area contributed by atoms with Gasteiger partial charge in [0, 0.05) is 5.02 Å². The molecule has 0 saturated carbocycles. The third-order valence-corrected chi connectivity index (χ3v) is 8.75. The fraction of sp³-hybridized carbons (Fsp3) is 0.212. The Balaban J connectivity index is 1.50. The van der Waals surface area contributed by atoms with E-state index in [4.69, 9.17) is 25.8 Å². The molecule has 0 amide bonds. The van der Waals surface area contributed by atoms with Crippen LogP contribution in [0.5, 0.6) is 5.75 Å². The first-order valence-corrected chi connectivity index (χ1v) is 16.1. The molecule has 0 unspecified atom stereocenters. The summed E-state index contributed by atoms with van der Waals surface area (Å²) in [5.74, 6) is -1.14. The predicted molar refractivity (Wildman–Crippen MR) is 173 cm³/mol. The number of halogens is 5. The third-order valence-electron chi connectivity index (χ3n) is 6.89. The average molecular weight is 750 g/mol. The van der Waals surface area contributed by atoms with Gasteiger partial charge in [0.1, 0.15) is 12.4 Å². The summed E-state index contributed by atoms with van der Waals surface area (Å²) in [5.41, 5.74) is -0.842. The molecule has 3 aromatic carbocycles. The molecule has 14 heteroatoms. The van der Waals surface area contributed by atoms with Gasteiger partial charge in [0.05, 0.1) is 39.4 Å². The molecule has 47 heavy (non-hydrogen) atoms. The molecule has 5 rings (SSSR count). The number of alkyl halides is 3. The van der Waals surface area contributed by atoms with Crippen molar-refractivity contribution in [1.29, 1.82) is 0 Å². The Hall–Kier alpha value is -4.20. The fourth-order valence-corrected chi connectivity index (χ4v) is 6.43. The first-order valence-electron chi connectivity index (χ1n) is 14.1. The average Bonchev–Trinajstić information content (AvgIpc) is 3.34. The van der Waals surface area contributed by atoms with E-state index in [9.17, 15) is 27.6 Å². The first kappa shape index (κ1) is 34.1. The van der Waals surface area contributed by atoms with Gasteiger partial charge in [0.15, 0.2) is 10.5 Å². The largest absolute Gasteiger partial charge is 0.488 e. The smallest absolute Gasteiger partial charge is 0.434 e. The van der Waals surface area contributed by atoms with Crippen molar-refractivity contribution in [3.63, 3.8) is 0 Å². The zero-order valence-electron chi connectivity index (χ0n) is 24.8. The van der Waals surface area contributed by atoms with E-state index in [0.29, 0.717) is 26.4 Å². The number of hydrogen-bond acceptors (Lipinski definition) is 8. The number of thiazole rings is 1. The topological polar surface area (TPSA) is 96.2 Å². The minimum atomic E-state index is -5.01. The third kappa shape index (κ3) is 7.53. The summed E-state index contributed by atoms with van der Waals surface area (Å²) in [5, 5.41) is 0.323. The molecule has 1 aliphatic heterocycles. The van der Waals surface area contributed by atoms with E-state index in [-0.39, 0.29) is 34.7 Å². The number of ether oxygens (including phenoxy) is 3. The highest BCUT2D eigenvalue weighted by Gasteiger charge is 2.45. The lowest BCUT2D eigenvalue weighted by Crippen LogP contribution is -2.41. The highest BCUT2D eigenvalue weighted by atomic mass is 79.9. The Kier molecular flexibility index (Phi) is 10.4. The van der Waals surface area contributed by atoms with Gasteiger partial charge in [-0.3, -0.25) is 9.36 Å². The van der Waals surface area contributed by atoms with E-state index in [1.54, 1.807) is 49.4 Å². The molecule has 0 spiro atoms. The molecule has 2 heterocycles. The van der Waals surface area contributed by atoms with E-state index >= 15 is 0 Å². The van der Waals surface area contributed by atoms with Crippen molar-refractivity contribution in [3.8, 4) is 5.75 Å². The van der Waals surface area contributed by atoms with Gasteiger partial charge in [-0.15, -0.1) is 0 Å². The quantitative estimate of drug-likeness (QED) is 0.181. The molecule has 1 aliphatic rings. The SMILES string of the molecule is CCOC(=O)C1=C(C(F)(F)F)N=c2s/c(=C\c3ccc(OCc4ccc(C(=O)OCC)cc4)c(Br)c3)c(=O)n2[C@H]1c1ccc(Cl)cc1. The van der Waals surface area contributed by atoms with Crippen LogP contribution in [0, 0.1) is 0 Å². The summed E-state index contributed by atoms with van der Waals surface area (Å²) >= 11 is 10.3. The maximum absolute atomic E-state index is 14.3. The first-order chi connectivity index (χ1) is 22.4. The van der Waals surface area contributed by atoms with Crippen molar-refractivity contribution < 1.29 is 37.0 Å². The maximum Gasteiger partial charge on any atom is 0.434 e. The Morgan fingerprint density at radius 3 is 2.28 bits per heavy atom. The Morgan fingerprint density at radius 2 is 1.66 bits per heavy atom. The van der Waals surface area contributed by atoms with Crippen LogP contribution in [-0.4, -0.2) is 35.9 Å². The molecule has 244 valence electrons. The van der Waals surface area contributed by atoms with Gasteiger partial charge in [0.25, 0.3) is 5.56 Å². The van der Waals surface area contributed by atoms with Crippen molar-refractivity contribution >= 4 is 56.9 Å². The Bertz CT molecular complexity index is 2040. The van der Waals surface area contributed by atoms with Crippen LogP contribution in [-0.2, 0) is 20.9 Å². The number of allylic oxidation sites excluding steroid dienone is 1. The van der Waals surface area contributed by atoms with E-state index < -0.39 is 41.0 Å². The Morgan fingerprint density at radius 1 is 1.00 bits per heavy atom. The fourth-order valence-electron chi connectivity index (χ4n) is 4.79. The normalized spacial score (nSPS) is 14.8. The van der Waals surface area contributed by atoms with E-state index in [1.807, 2.05) is 0 Å². The summed E-state index contributed by atoms with van der Waals surface area (Å²) in [6, 6.07) is 16.2.